The highest BCUT2D eigenvalue weighted by molar-refractivity contribution is 5.45. The molecule has 2 aromatic heterocycles. The molecule has 1 aliphatic heterocycles. The standard InChI is InChI=1S/C14H15N3O/c1-2-6-16-13(3-1)14-11-17(9-10-18-14)12-4-7-15-8-5-12/h1-8,14H,9-11H2. The first-order valence-corrected chi connectivity index (χ1v) is 6.11. The predicted molar refractivity (Wildman–Crippen MR) is 69.4 cm³/mol. The molecule has 0 saturated carbocycles. The lowest BCUT2D eigenvalue weighted by atomic mass is 10.2. The van der Waals surface area contributed by atoms with Crippen molar-refractivity contribution < 1.29 is 4.74 Å². The lowest BCUT2D eigenvalue weighted by Crippen LogP contribution is -2.38. The molecule has 0 spiro atoms. The third-order valence-electron chi connectivity index (χ3n) is 3.11. The van der Waals surface area contributed by atoms with Gasteiger partial charge in [-0.25, -0.2) is 0 Å². The molecule has 1 unspecified atom stereocenters. The largest absolute Gasteiger partial charge is 0.368 e. The number of morpholine rings is 1. The number of hydrogen-bond donors (Lipinski definition) is 0. The Labute approximate surface area is 106 Å². The lowest BCUT2D eigenvalue weighted by molar-refractivity contribution is 0.0370. The Balaban J connectivity index is 1.77. The molecule has 3 rings (SSSR count). The zero-order valence-corrected chi connectivity index (χ0v) is 10.1. The quantitative estimate of drug-likeness (QED) is 0.806. The van der Waals surface area contributed by atoms with Crippen molar-refractivity contribution in [3.05, 3.63) is 54.6 Å². The van der Waals surface area contributed by atoms with Gasteiger partial charge in [-0.05, 0) is 24.3 Å². The Morgan fingerprint density at radius 1 is 1.11 bits per heavy atom. The normalized spacial score (nSPS) is 19.8. The number of hydrogen-bond acceptors (Lipinski definition) is 4. The van der Waals surface area contributed by atoms with Gasteiger partial charge in [0.25, 0.3) is 0 Å². The van der Waals surface area contributed by atoms with Crippen molar-refractivity contribution in [2.24, 2.45) is 0 Å². The third kappa shape index (κ3) is 2.33. The fraction of sp³-hybridized carbons (Fsp3) is 0.286. The second-order valence-electron chi connectivity index (χ2n) is 4.27. The van der Waals surface area contributed by atoms with Crippen LogP contribution >= 0.6 is 0 Å². The van der Waals surface area contributed by atoms with Gasteiger partial charge in [-0.15, -0.1) is 0 Å². The van der Waals surface area contributed by atoms with Crippen LogP contribution in [0.5, 0.6) is 0 Å². The average Bonchev–Trinajstić information content (AvgIpc) is 2.49. The van der Waals surface area contributed by atoms with Crippen molar-refractivity contribution in [1.29, 1.82) is 0 Å². The van der Waals surface area contributed by atoms with Crippen LogP contribution in [0.25, 0.3) is 0 Å². The minimum atomic E-state index is 0.0492. The monoisotopic (exact) mass is 241 g/mol. The number of rotatable bonds is 2. The molecule has 0 bridgehead atoms. The van der Waals surface area contributed by atoms with E-state index >= 15 is 0 Å². The van der Waals surface area contributed by atoms with E-state index in [9.17, 15) is 0 Å². The molecule has 1 fully saturated rings. The summed E-state index contributed by atoms with van der Waals surface area (Å²) in [5.74, 6) is 0. The fourth-order valence-corrected chi connectivity index (χ4v) is 2.18. The van der Waals surface area contributed by atoms with Crippen LogP contribution in [0.4, 0.5) is 5.69 Å². The fourth-order valence-electron chi connectivity index (χ4n) is 2.18. The predicted octanol–water partition coefficient (Wildman–Crippen LogP) is 2.05. The van der Waals surface area contributed by atoms with Crippen LogP contribution in [0.2, 0.25) is 0 Å². The minimum Gasteiger partial charge on any atom is -0.368 e. The highest BCUT2D eigenvalue weighted by Gasteiger charge is 2.22. The molecule has 0 aliphatic carbocycles. The Kier molecular flexibility index (Phi) is 3.19. The van der Waals surface area contributed by atoms with Crippen LogP contribution < -0.4 is 4.90 Å². The molecule has 1 saturated heterocycles. The zero-order valence-electron chi connectivity index (χ0n) is 10.1. The second-order valence-corrected chi connectivity index (χ2v) is 4.27. The topological polar surface area (TPSA) is 38.2 Å². The van der Waals surface area contributed by atoms with Gasteiger partial charge in [-0.2, -0.15) is 0 Å². The van der Waals surface area contributed by atoms with E-state index in [2.05, 4.69) is 14.9 Å². The summed E-state index contributed by atoms with van der Waals surface area (Å²) in [6, 6.07) is 9.99. The average molecular weight is 241 g/mol. The maximum absolute atomic E-state index is 5.80. The SMILES string of the molecule is c1ccc(C2CN(c3ccncc3)CCO2)nc1. The summed E-state index contributed by atoms with van der Waals surface area (Å²) in [5.41, 5.74) is 2.19. The van der Waals surface area contributed by atoms with Gasteiger partial charge in [0.1, 0.15) is 6.10 Å². The highest BCUT2D eigenvalue weighted by atomic mass is 16.5. The number of pyridine rings is 2. The molecular formula is C14H15N3O. The third-order valence-corrected chi connectivity index (χ3v) is 3.11. The van der Waals surface area contributed by atoms with Crippen LogP contribution in [0.15, 0.2) is 48.9 Å². The molecule has 1 atom stereocenters. The summed E-state index contributed by atoms with van der Waals surface area (Å²) < 4.78 is 5.80. The Morgan fingerprint density at radius 3 is 2.78 bits per heavy atom. The van der Waals surface area contributed by atoms with Crippen LogP contribution in [-0.4, -0.2) is 29.7 Å². The number of nitrogens with zero attached hydrogens (tertiary/aromatic N) is 3. The van der Waals surface area contributed by atoms with Crippen molar-refractivity contribution in [2.75, 3.05) is 24.6 Å². The van der Waals surface area contributed by atoms with Crippen LogP contribution in [0.3, 0.4) is 0 Å². The molecule has 0 aromatic carbocycles. The molecular weight excluding hydrogens is 226 g/mol. The molecule has 2 aromatic rings. The summed E-state index contributed by atoms with van der Waals surface area (Å²) in [4.78, 5) is 10.7. The van der Waals surface area contributed by atoms with Gasteiger partial charge >= 0.3 is 0 Å². The van der Waals surface area contributed by atoms with Gasteiger partial charge in [0.15, 0.2) is 0 Å². The van der Waals surface area contributed by atoms with Crippen molar-refractivity contribution in [2.45, 2.75) is 6.10 Å². The molecule has 4 heteroatoms. The minimum absolute atomic E-state index is 0.0492. The van der Waals surface area contributed by atoms with Crippen molar-refractivity contribution in [1.82, 2.24) is 9.97 Å². The van der Waals surface area contributed by atoms with Gasteiger partial charge in [0, 0.05) is 37.4 Å². The van der Waals surface area contributed by atoms with E-state index < -0.39 is 0 Å². The molecule has 0 N–H and O–H groups in total. The highest BCUT2D eigenvalue weighted by Crippen LogP contribution is 2.24. The molecule has 18 heavy (non-hydrogen) atoms. The van der Waals surface area contributed by atoms with E-state index in [1.165, 1.54) is 5.69 Å². The van der Waals surface area contributed by atoms with E-state index in [4.69, 9.17) is 4.74 Å². The molecule has 0 radical (unpaired) electrons. The van der Waals surface area contributed by atoms with Gasteiger partial charge < -0.3 is 9.64 Å². The van der Waals surface area contributed by atoms with E-state index in [-0.39, 0.29) is 6.10 Å². The summed E-state index contributed by atoms with van der Waals surface area (Å²) in [6.45, 7) is 2.47. The van der Waals surface area contributed by atoms with Crippen molar-refractivity contribution in [3.8, 4) is 0 Å². The lowest BCUT2D eigenvalue weighted by Gasteiger charge is -2.34. The summed E-state index contributed by atoms with van der Waals surface area (Å²) >= 11 is 0. The Hall–Kier alpha value is -1.94. The first-order chi connectivity index (χ1) is 8.93. The molecule has 92 valence electrons. The van der Waals surface area contributed by atoms with Crippen LogP contribution in [0.1, 0.15) is 11.8 Å². The number of aromatic nitrogens is 2. The maximum Gasteiger partial charge on any atom is 0.117 e. The summed E-state index contributed by atoms with van der Waals surface area (Å²) in [6.07, 6.45) is 5.50. The molecule has 0 amide bonds. The smallest absolute Gasteiger partial charge is 0.117 e. The van der Waals surface area contributed by atoms with Gasteiger partial charge in [0.05, 0.1) is 12.3 Å². The molecule has 4 nitrogen and oxygen atoms in total. The van der Waals surface area contributed by atoms with E-state index in [0.717, 1.165) is 25.4 Å². The molecule has 3 heterocycles. The van der Waals surface area contributed by atoms with Crippen molar-refractivity contribution >= 4 is 5.69 Å². The zero-order chi connectivity index (χ0) is 12.2. The first-order valence-electron chi connectivity index (χ1n) is 6.11. The second kappa shape index (κ2) is 5.14. The van der Waals surface area contributed by atoms with Crippen molar-refractivity contribution in [3.63, 3.8) is 0 Å². The van der Waals surface area contributed by atoms with Gasteiger partial charge in [0.2, 0.25) is 0 Å². The van der Waals surface area contributed by atoms with Gasteiger partial charge in [-0.1, -0.05) is 6.07 Å². The maximum atomic E-state index is 5.80. The van der Waals surface area contributed by atoms with E-state index in [1.54, 1.807) is 0 Å². The van der Waals surface area contributed by atoms with Crippen LogP contribution in [-0.2, 0) is 4.74 Å². The van der Waals surface area contributed by atoms with Gasteiger partial charge in [-0.3, -0.25) is 9.97 Å². The van der Waals surface area contributed by atoms with Crippen LogP contribution in [0, 0.1) is 0 Å². The van der Waals surface area contributed by atoms with E-state index in [1.807, 2.05) is 48.9 Å². The first kappa shape index (κ1) is 11.2. The van der Waals surface area contributed by atoms with E-state index in [0.29, 0.717) is 0 Å². The summed E-state index contributed by atoms with van der Waals surface area (Å²) in [7, 11) is 0. The Bertz CT molecular complexity index is 443. The summed E-state index contributed by atoms with van der Waals surface area (Å²) in [5, 5.41) is 0. The Morgan fingerprint density at radius 2 is 2.00 bits per heavy atom. The number of anilines is 1. The molecule has 1 aliphatic rings. The number of ether oxygens (including phenoxy) is 1.